The molecule has 0 aliphatic rings. The molecule has 3 nitrogen and oxygen atoms in total. The lowest BCUT2D eigenvalue weighted by atomic mass is 10.2. The second-order valence-corrected chi connectivity index (χ2v) is 4.50. The Balaban J connectivity index is 2.26. The number of halogens is 1. The Morgan fingerprint density at radius 3 is 2.60 bits per heavy atom. The third-order valence-corrected chi connectivity index (χ3v) is 1.77. The fraction of sp³-hybridized carbons (Fsp3) is 0.545. The van der Waals surface area contributed by atoms with Crippen molar-refractivity contribution >= 4 is 11.6 Å². The molecule has 0 radical (unpaired) electrons. The Labute approximate surface area is 95.4 Å². The molecule has 0 N–H and O–H groups in total. The van der Waals surface area contributed by atoms with Crippen molar-refractivity contribution in [3.05, 3.63) is 23.4 Å². The Morgan fingerprint density at radius 1 is 1.27 bits per heavy atom. The van der Waals surface area contributed by atoms with Crippen LogP contribution in [-0.2, 0) is 4.74 Å². The molecular weight excluding hydrogens is 214 g/mol. The van der Waals surface area contributed by atoms with Crippen LogP contribution < -0.4 is 4.74 Å². The molecule has 0 amide bonds. The van der Waals surface area contributed by atoms with Gasteiger partial charge in [0.25, 0.3) is 0 Å². The van der Waals surface area contributed by atoms with Crippen LogP contribution in [-0.4, -0.2) is 23.8 Å². The Kier molecular flexibility index (Phi) is 4.36. The summed E-state index contributed by atoms with van der Waals surface area (Å²) in [5.41, 5.74) is -0.134. The van der Waals surface area contributed by atoms with Crippen molar-refractivity contribution in [2.45, 2.75) is 26.4 Å². The molecule has 0 unspecified atom stereocenters. The van der Waals surface area contributed by atoms with Crippen LogP contribution in [0.2, 0.25) is 5.15 Å². The summed E-state index contributed by atoms with van der Waals surface area (Å²) in [7, 11) is 0. The van der Waals surface area contributed by atoms with Crippen molar-refractivity contribution in [2.75, 3.05) is 13.2 Å². The lowest BCUT2D eigenvalue weighted by Crippen LogP contribution is -2.22. The number of rotatable bonds is 4. The average molecular weight is 230 g/mol. The van der Waals surface area contributed by atoms with Gasteiger partial charge in [-0.05, 0) is 26.8 Å². The molecule has 0 atom stereocenters. The summed E-state index contributed by atoms with van der Waals surface area (Å²) in [5, 5.41) is 0.434. The van der Waals surface area contributed by atoms with E-state index < -0.39 is 0 Å². The third-order valence-electron chi connectivity index (χ3n) is 1.56. The molecule has 4 heteroatoms. The predicted octanol–water partition coefficient (Wildman–Crippen LogP) is 2.93. The first kappa shape index (κ1) is 12.3. The maximum atomic E-state index is 5.71. The van der Waals surface area contributed by atoms with Crippen LogP contribution in [0.1, 0.15) is 20.8 Å². The van der Waals surface area contributed by atoms with E-state index in [-0.39, 0.29) is 5.60 Å². The summed E-state index contributed by atoms with van der Waals surface area (Å²) in [6, 6.07) is 5.28. The van der Waals surface area contributed by atoms with E-state index in [1.165, 1.54) is 0 Å². The van der Waals surface area contributed by atoms with E-state index in [9.17, 15) is 0 Å². The number of hydrogen-bond donors (Lipinski definition) is 0. The number of ether oxygens (including phenoxy) is 2. The van der Waals surface area contributed by atoms with Gasteiger partial charge in [0.15, 0.2) is 0 Å². The quantitative estimate of drug-likeness (QED) is 0.588. The largest absolute Gasteiger partial charge is 0.475 e. The standard InChI is InChI=1S/C11H16ClNO2/c1-11(2,3)15-8-7-14-10-6-4-5-9(12)13-10/h4-6H,7-8H2,1-3H3. The summed E-state index contributed by atoms with van der Waals surface area (Å²) in [6.45, 7) is 7.03. The molecule has 0 fully saturated rings. The number of hydrogen-bond acceptors (Lipinski definition) is 3. The molecule has 0 aliphatic carbocycles. The molecule has 0 saturated heterocycles. The zero-order valence-corrected chi connectivity index (χ0v) is 10.0. The van der Waals surface area contributed by atoms with Gasteiger partial charge in [-0.25, -0.2) is 4.98 Å². The summed E-state index contributed by atoms with van der Waals surface area (Å²) in [4.78, 5) is 3.99. The average Bonchev–Trinajstić information content (AvgIpc) is 2.11. The van der Waals surface area contributed by atoms with Crippen LogP contribution in [0.5, 0.6) is 5.88 Å². The second-order valence-electron chi connectivity index (χ2n) is 4.11. The van der Waals surface area contributed by atoms with Gasteiger partial charge >= 0.3 is 0 Å². The molecule has 0 aliphatic heterocycles. The summed E-state index contributed by atoms with van der Waals surface area (Å²) in [6.07, 6.45) is 0. The van der Waals surface area contributed by atoms with E-state index in [4.69, 9.17) is 21.1 Å². The Bertz CT molecular complexity index is 310. The topological polar surface area (TPSA) is 31.4 Å². The first-order valence-corrected chi connectivity index (χ1v) is 5.24. The lowest BCUT2D eigenvalue weighted by Gasteiger charge is -2.19. The van der Waals surface area contributed by atoms with Crippen molar-refractivity contribution in [3.63, 3.8) is 0 Å². The van der Waals surface area contributed by atoms with Crippen molar-refractivity contribution < 1.29 is 9.47 Å². The fourth-order valence-electron chi connectivity index (χ4n) is 0.964. The highest BCUT2D eigenvalue weighted by atomic mass is 35.5. The minimum Gasteiger partial charge on any atom is -0.475 e. The fourth-order valence-corrected chi connectivity index (χ4v) is 1.12. The van der Waals surface area contributed by atoms with Gasteiger partial charge in [-0.1, -0.05) is 17.7 Å². The van der Waals surface area contributed by atoms with Gasteiger partial charge in [0.1, 0.15) is 11.8 Å². The zero-order chi connectivity index (χ0) is 11.3. The number of nitrogens with zero attached hydrogens (tertiary/aromatic N) is 1. The summed E-state index contributed by atoms with van der Waals surface area (Å²) >= 11 is 5.71. The first-order chi connectivity index (χ1) is 6.97. The van der Waals surface area contributed by atoms with Crippen molar-refractivity contribution in [2.24, 2.45) is 0 Å². The van der Waals surface area contributed by atoms with Crippen LogP contribution in [0.25, 0.3) is 0 Å². The Hall–Kier alpha value is -0.800. The van der Waals surface area contributed by atoms with Crippen molar-refractivity contribution in [1.82, 2.24) is 4.98 Å². The van der Waals surface area contributed by atoms with Gasteiger partial charge in [-0.15, -0.1) is 0 Å². The van der Waals surface area contributed by atoms with Crippen LogP contribution in [0.4, 0.5) is 0 Å². The molecule has 1 aromatic heterocycles. The molecular formula is C11H16ClNO2. The molecule has 1 heterocycles. The maximum Gasteiger partial charge on any atom is 0.214 e. The minimum atomic E-state index is -0.134. The summed E-state index contributed by atoms with van der Waals surface area (Å²) in [5.74, 6) is 0.528. The zero-order valence-electron chi connectivity index (χ0n) is 9.29. The molecule has 0 saturated carbocycles. The van der Waals surface area contributed by atoms with E-state index in [0.29, 0.717) is 24.2 Å². The normalized spacial score (nSPS) is 11.5. The number of aromatic nitrogens is 1. The minimum absolute atomic E-state index is 0.134. The molecule has 1 rings (SSSR count). The van der Waals surface area contributed by atoms with E-state index >= 15 is 0 Å². The maximum absolute atomic E-state index is 5.71. The predicted molar refractivity (Wildman–Crippen MR) is 60.4 cm³/mol. The van der Waals surface area contributed by atoms with E-state index in [1.54, 1.807) is 18.2 Å². The first-order valence-electron chi connectivity index (χ1n) is 4.87. The van der Waals surface area contributed by atoms with Gasteiger partial charge < -0.3 is 9.47 Å². The molecule has 1 aromatic rings. The van der Waals surface area contributed by atoms with Crippen molar-refractivity contribution in [3.8, 4) is 5.88 Å². The van der Waals surface area contributed by atoms with Crippen LogP contribution >= 0.6 is 11.6 Å². The van der Waals surface area contributed by atoms with Gasteiger partial charge in [0.05, 0.1) is 12.2 Å². The van der Waals surface area contributed by atoms with Gasteiger partial charge in [-0.2, -0.15) is 0 Å². The van der Waals surface area contributed by atoms with Gasteiger partial charge in [0, 0.05) is 6.07 Å². The molecule has 0 bridgehead atoms. The molecule has 15 heavy (non-hydrogen) atoms. The number of pyridine rings is 1. The van der Waals surface area contributed by atoms with Crippen LogP contribution in [0.3, 0.4) is 0 Å². The summed E-state index contributed by atoms with van der Waals surface area (Å²) < 4.78 is 10.9. The Morgan fingerprint density at radius 2 is 2.00 bits per heavy atom. The molecule has 84 valence electrons. The van der Waals surface area contributed by atoms with E-state index in [2.05, 4.69) is 4.98 Å². The van der Waals surface area contributed by atoms with E-state index in [1.807, 2.05) is 20.8 Å². The smallest absolute Gasteiger partial charge is 0.214 e. The monoisotopic (exact) mass is 229 g/mol. The second kappa shape index (κ2) is 5.33. The van der Waals surface area contributed by atoms with Crippen molar-refractivity contribution in [1.29, 1.82) is 0 Å². The van der Waals surface area contributed by atoms with Crippen LogP contribution in [0, 0.1) is 0 Å². The van der Waals surface area contributed by atoms with Gasteiger partial charge in [0.2, 0.25) is 5.88 Å². The third kappa shape index (κ3) is 5.60. The van der Waals surface area contributed by atoms with E-state index in [0.717, 1.165) is 0 Å². The van der Waals surface area contributed by atoms with Gasteiger partial charge in [-0.3, -0.25) is 0 Å². The SMILES string of the molecule is CC(C)(C)OCCOc1cccc(Cl)n1. The highest BCUT2D eigenvalue weighted by Gasteiger charge is 2.09. The highest BCUT2D eigenvalue weighted by molar-refractivity contribution is 6.29. The van der Waals surface area contributed by atoms with Crippen LogP contribution in [0.15, 0.2) is 18.2 Å². The lowest BCUT2D eigenvalue weighted by molar-refractivity contribution is -0.0168. The molecule has 0 aromatic carbocycles. The highest BCUT2D eigenvalue weighted by Crippen LogP contribution is 2.11. The molecule has 0 spiro atoms.